The highest BCUT2D eigenvalue weighted by Gasteiger charge is 2.33. The van der Waals surface area contributed by atoms with Crippen molar-refractivity contribution < 1.29 is 9.59 Å². The van der Waals surface area contributed by atoms with Crippen molar-refractivity contribution in [2.24, 2.45) is 0 Å². The van der Waals surface area contributed by atoms with E-state index in [1.807, 2.05) is 0 Å². The number of urea groups is 1. The van der Waals surface area contributed by atoms with Crippen molar-refractivity contribution in [3.8, 4) is 0 Å². The summed E-state index contributed by atoms with van der Waals surface area (Å²) in [7, 11) is -1.27. The molecule has 0 radical (unpaired) electrons. The number of carbonyl (C=O) groups excluding carboxylic acids is 2. The van der Waals surface area contributed by atoms with E-state index in [0.29, 0.717) is 0 Å². The molecule has 0 saturated carbocycles. The molecule has 0 spiro atoms. The molecule has 0 bridgehead atoms. The topological polar surface area (TPSA) is 58.2 Å². The Labute approximate surface area is 72.7 Å². The average Bonchev–Trinajstić information content (AvgIpc) is 2.06. The van der Waals surface area contributed by atoms with Gasteiger partial charge in [-0.05, 0) is 6.04 Å². The molecule has 3 amide bonds. The lowest BCUT2D eigenvalue weighted by Crippen LogP contribution is -2.37. The van der Waals surface area contributed by atoms with Gasteiger partial charge >= 0.3 is 6.03 Å². The number of amides is 3. The molecule has 68 valence electrons. The fourth-order valence-electron chi connectivity index (χ4n) is 1.21. The Bertz CT molecular complexity index is 222. The molecule has 0 unspecified atom stereocenters. The molecule has 1 aliphatic rings. The lowest BCUT2D eigenvalue weighted by Gasteiger charge is -2.18. The van der Waals surface area contributed by atoms with E-state index in [9.17, 15) is 9.59 Å². The van der Waals surface area contributed by atoms with Gasteiger partial charge in [-0.25, -0.2) is 4.79 Å². The van der Waals surface area contributed by atoms with Crippen molar-refractivity contribution in [1.82, 2.24) is 10.6 Å². The number of nitrogens with one attached hydrogen (secondary N) is 2. The summed E-state index contributed by atoms with van der Waals surface area (Å²) in [6.07, 6.45) is 0. The highest BCUT2D eigenvalue weighted by molar-refractivity contribution is 6.76. The van der Waals surface area contributed by atoms with Gasteiger partial charge in [-0.1, -0.05) is 19.6 Å². The van der Waals surface area contributed by atoms with Gasteiger partial charge in [0.1, 0.15) is 6.04 Å². The van der Waals surface area contributed by atoms with E-state index < -0.39 is 8.07 Å². The Morgan fingerprint density at radius 2 is 1.92 bits per heavy atom. The van der Waals surface area contributed by atoms with Crippen LogP contribution in [0.5, 0.6) is 0 Å². The van der Waals surface area contributed by atoms with Gasteiger partial charge in [-0.15, -0.1) is 0 Å². The van der Waals surface area contributed by atoms with Crippen LogP contribution in [0.25, 0.3) is 0 Å². The Kier molecular flexibility index (Phi) is 2.23. The Balaban J connectivity index is 2.54. The van der Waals surface area contributed by atoms with Crippen LogP contribution in [0.3, 0.4) is 0 Å². The van der Waals surface area contributed by atoms with Gasteiger partial charge in [-0.3, -0.25) is 10.1 Å². The van der Waals surface area contributed by atoms with E-state index in [4.69, 9.17) is 0 Å². The minimum atomic E-state index is -1.27. The Hall–Kier alpha value is -0.843. The number of carbonyl (C=O) groups is 2. The molecule has 1 heterocycles. The third kappa shape index (κ3) is 2.33. The zero-order valence-electron chi connectivity index (χ0n) is 7.60. The highest BCUT2D eigenvalue weighted by Crippen LogP contribution is 2.13. The minimum Gasteiger partial charge on any atom is -0.326 e. The molecule has 5 heteroatoms. The maximum atomic E-state index is 11.1. The van der Waals surface area contributed by atoms with E-state index >= 15 is 0 Å². The van der Waals surface area contributed by atoms with Gasteiger partial charge in [0, 0.05) is 8.07 Å². The van der Waals surface area contributed by atoms with E-state index in [1.54, 1.807) is 0 Å². The largest absolute Gasteiger partial charge is 0.326 e. The van der Waals surface area contributed by atoms with Gasteiger partial charge < -0.3 is 5.32 Å². The molecule has 0 aromatic rings. The molecule has 1 fully saturated rings. The summed E-state index contributed by atoms with van der Waals surface area (Å²) >= 11 is 0. The van der Waals surface area contributed by atoms with Crippen molar-refractivity contribution in [3.05, 3.63) is 0 Å². The van der Waals surface area contributed by atoms with Gasteiger partial charge in [0.05, 0.1) is 0 Å². The summed E-state index contributed by atoms with van der Waals surface area (Å²) < 4.78 is 0. The first-order valence-corrected chi connectivity index (χ1v) is 7.70. The number of imide groups is 1. The van der Waals surface area contributed by atoms with Crippen molar-refractivity contribution in [1.29, 1.82) is 0 Å². The molecular weight excluding hydrogens is 172 g/mol. The zero-order chi connectivity index (χ0) is 9.35. The monoisotopic (exact) mass is 186 g/mol. The smallest absolute Gasteiger partial charge is 0.322 e. The SMILES string of the molecule is C[Si](C)(C)C[C@H]1NC(=O)NC1=O. The molecule has 12 heavy (non-hydrogen) atoms. The summed E-state index contributed by atoms with van der Waals surface area (Å²) in [5.74, 6) is -0.178. The molecule has 2 N–H and O–H groups in total. The van der Waals surface area contributed by atoms with Gasteiger partial charge in [-0.2, -0.15) is 0 Å². The van der Waals surface area contributed by atoms with E-state index in [0.717, 1.165) is 6.04 Å². The first kappa shape index (κ1) is 9.25. The van der Waals surface area contributed by atoms with Crippen LogP contribution >= 0.6 is 0 Å². The third-order valence-corrected chi connectivity index (χ3v) is 3.31. The summed E-state index contributed by atoms with van der Waals surface area (Å²) in [5, 5.41) is 4.82. The normalized spacial score (nSPS) is 23.8. The lowest BCUT2D eigenvalue weighted by molar-refractivity contribution is -0.119. The maximum Gasteiger partial charge on any atom is 0.322 e. The lowest BCUT2D eigenvalue weighted by atomic mass is 10.3. The molecule has 1 rings (SSSR count). The quantitative estimate of drug-likeness (QED) is 0.488. The second-order valence-electron chi connectivity index (χ2n) is 4.28. The highest BCUT2D eigenvalue weighted by atomic mass is 28.3. The summed E-state index contributed by atoms with van der Waals surface area (Å²) in [6, 6.07) is 0.164. The van der Waals surface area contributed by atoms with E-state index in [-0.39, 0.29) is 18.0 Å². The fraction of sp³-hybridized carbons (Fsp3) is 0.714. The predicted octanol–water partition coefficient (Wildman–Crippen LogP) is 0.533. The van der Waals surface area contributed by atoms with E-state index in [2.05, 4.69) is 30.3 Å². The van der Waals surface area contributed by atoms with Gasteiger partial charge in [0.15, 0.2) is 0 Å². The number of hydrogen-bond donors (Lipinski definition) is 2. The van der Waals surface area contributed by atoms with Crippen LogP contribution < -0.4 is 10.6 Å². The summed E-state index contributed by atoms with van der Waals surface area (Å²) in [5.41, 5.74) is 0. The molecule has 0 aliphatic carbocycles. The van der Waals surface area contributed by atoms with Crippen LogP contribution in [-0.2, 0) is 4.79 Å². The van der Waals surface area contributed by atoms with Crippen LogP contribution in [0.1, 0.15) is 0 Å². The summed E-state index contributed by atoms with van der Waals surface area (Å²) in [6.45, 7) is 6.51. The van der Waals surface area contributed by atoms with Crippen LogP contribution in [0, 0.1) is 0 Å². The molecular formula is C7H14N2O2Si. The van der Waals surface area contributed by atoms with Crippen molar-refractivity contribution in [2.45, 2.75) is 31.7 Å². The Morgan fingerprint density at radius 3 is 2.25 bits per heavy atom. The van der Waals surface area contributed by atoms with Crippen molar-refractivity contribution in [2.75, 3.05) is 0 Å². The maximum absolute atomic E-state index is 11.1. The van der Waals surface area contributed by atoms with E-state index in [1.165, 1.54) is 0 Å². The molecule has 0 aromatic carbocycles. The molecule has 0 aromatic heterocycles. The average molecular weight is 186 g/mol. The van der Waals surface area contributed by atoms with Crippen LogP contribution in [0.4, 0.5) is 4.79 Å². The standard InChI is InChI=1S/C7H14N2O2Si/c1-12(2,3)4-5-6(10)9-7(11)8-5/h5H,4H2,1-3H3,(H2,8,9,10,11)/t5-/m1/s1. The second-order valence-corrected chi connectivity index (χ2v) is 9.81. The number of hydrogen-bond acceptors (Lipinski definition) is 2. The molecule has 1 atom stereocenters. The van der Waals surface area contributed by atoms with Gasteiger partial charge in [0.2, 0.25) is 5.91 Å². The molecule has 1 saturated heterocycles. The first-order chi connectivity index (χ1) is 5.38. The predicted molar refractivity (Wildman–Crippen MR) is 48.6 cm³/mol. The van der Waals surface area contributed by atoms with Crippen LogP contribution in [0.15, 0.2) is 0 Å². The first-order valence-electron chi connectivity index (χ1n) is 4.00. The van der Waals surface area contributed by atoms with Crippen molar-refractivity contribution in [3.63, 3.8) is 0 Å². The fourth-order valence-corrected chi connectivity index (χ4v) is 2.73. The van der Waals surface area contributed by atoms with Crippen LogP contribution in [0.2, 0.25) is 25.7 Å². The molecule has 1 aliphatic heterocycles. The van der Waals surface area contributed by atoms with Crippen LogP contribution in [-0.4, -0.2) is 26.1 Å². The third-order valence-electron chi connectivity index (χ3n) is 1.68. The molecule has 4 nitrogen and oxygen atoms in total. The number of rotatable bonds is 2. The second kappa shape index (κ2) is 2.89. The Morgan fingerprint density at radius 1 is 1.33 bits per heavy atom. The minimum absolute atomic E-state index is 0.178. The van der Waals surface area contributed by atoms with Crippen molar-refractivity contribution >= 4 is 20.0 Å². The summed E-state index contributed by atoms with van der Waals surface area (Å²) in [4.78, 5) is 21.8. The zero-order valence-corrected chi connectivity index (χ0v) is 8.60. The van der Waals surface area contributed by atoms with Gasteiger partial charge in [0.25, 0.3) is 0 Å².